The van der Waals surface area contributed by atoms with Crippen LogP contribution in [-0.2, 0) is 11.3 Å². The van der Waals surface area contributed by atoms with Crippen molar-refractivity contribution in [2.45, 2.75) is 27.3 Å². The van der Waals surface area contributed by atoms with E-state index in [0.29, 0.717) is 6.54 Å². The minimum atomic E-state index is -0.348. The van der Waals surface area contributed by atoms with Crippen molar-refractivity contribution < 1.29 is 9.53 Å². The highest BCUT2D eigenvalue weighted by Gasteiger charge is 2.20. The molecule has 0 aliphatic heterocycles. The molecule has 0 spiro atoms. The molecule has 0 heterocycles. The number of ether oxygens (including phenoxy) is 1. The number of benzene rings is 1. The molecule has 0 saturated carbocycles. The highest BCUT2D eigenvalue weighted by molar-refractivity contribution is 5.81. The van der Waals surface area contributed by atoms with E-state index in [4.69, 9.17) is 4.74 Å². The van der Waals surface area contributed by atoms with Crippen LogP contribution in [-0.4, -0.2) is 13.0 Å². The highest BCUT2D eigenvalue weighted by atomic mass is 16.5. The third-order valence-electron chi connectivity index (χ3n) is 2.27. The lowest BCUT2D eigenvalue weighted by atomic mass is 9.95. The van der Waals surface area contributed by atoms with Crippen LogP contribution in [0.15, 0.2) is 24.3 Å². The summed E-state index contributed by atoms with van der Waals surface area (Å²) in [7, 11) is 1.63. The normalized spacial score (nSPS) is 11.0. The molecule has 0 aliphatic rings. The number of hydrogen-bond donors (Lipinski definition) is 1. The smallest absolute Gasteiger partial charge is 0.225 e. The van der Waals surface area contributed by atoms with Gasteiger partial charge in [0.1, 0.15) is 5.75 Å². The summed E-state index contributed by atoms with van der Waals surface area (Å²) in [6.45, 7) is 6.23. The van der Waals surface area contributed by atoms with Crippen molar-refractivity contribution in [2.24, 2.45) is 5.41 Å². The average Bonchev–Trinajstić information content (AvgIpc) is 2.25. The van der Waals surface area contributed by atoms with Crippen molar-refractivity contribution in [3.63, 3.8) is 0 Å². The number of rotatable bonds is 3. The molecule has 0 fully saturated rings. The first kappa shape index (κ1) is 12.6. The topological polar surface area (TPSA) is 38.3 Å². The van der Waals surface area contributed by atoms with Gasteiger partial charge in [0, 0.05) is 12.0 Å². The van der Waals surface area contributed by atoms with Gasteiger partial charge in [0.15, 0.2) is 0 Å². The minimum Gasteiger partial charge on any atom is -0.497 e. The van der Waals surface area contributed by atoms with Gasteiger partial charge in [-0.2, -0.15) is 0 Å². The first-order valence-corrected chi connectivity index (χ1v) is 5.34. The van der Waals surface area contributed by atoms with Gasteiger partial charge in [-0.1, -0.05) is 32.9 Å². The van der Waals surface area contributed by atoms with E-state index in [9.17, 15) is 4.79 Å². The Balaban J connectivity index is 2.58. The summed E-state index contributed by atoms with van der Waals surface area (Å²) in [4.78, 5) is 11.7. The average molecular weight is 221 g/mol. The predicted molar refractivity (Wildman–Crippen MR) is 64.3 cm³/mol. The van der Waals surface area contributed by atoms with Crippen LogP contribution in [0.1, 0.15) is 26.3 Å². The second-order valence-corrected chi connectivity index (χ2v) is 4.78. The molecule has 1 N–H and O–H groups in total. The lowest BCUT2D eigenvalue weighted by Crippen LogP contribution is -2.34. The van der Waals surface area contributed by atoms with Gasteiger partial charge >= 0.3 is 0 Å². The molecule has 0 unspecified atom stereocenters. The van der Waals surface area contributed by atoms with Crippen molar-refractivity contribution in [1.82, 2.24) is 5.32 Å². The molecular formula is C13H19NO2. The number of nitrogens with one attached hydrogen (secondary N) is 1. The van der Waals surface area contributed by atoms with Gasteiger partial charge in [0.2, 0.25) is 5.91 Å². The molecule has 0 bridgehead atoms. The van der Waals surface area contributed by atoms with Crippen molar-refractivity contribution in [3.05, 3.63) is 29.8 Å². The molecule has 0 saturated heterocycles. The van der Waals surface area contributed by atoms with Gasteiger partial charge in [-0.05, 0) is 17.7 Å². The molecule has 88 valence electrons. The quantitative estimate of drug-likeness (QED) is 0.851. The van der Waals surface area contributed by atoms with E-state index in [1.54, 1.807) is 7.11 Å². The molecule has 1 amide bonds. The zero-order chi connectivity index (χ0) is 12.2. The molecule has 3 heteroatoms. The Morgan fingerprint density at radius 3 is 2.62 bits per heavy atom. The zero-order valence-corrected chi connectivity index (χ0v) is 10.3. The van der Waals surface area contributed by atoms with Crippen LogP contribution < -0.4 is 10.1 Å². The molecule has 3 nitrogen and oxygen atoms in total. The number of carbonyl (C=O) groups excluding carboxylic acids is 1. The van der Waals surface area contributed by atoms with Gasteiger partial charge in [0.05, 0.1) is 7.11 Å². The van der Waals surface area contributed by atoms with Crippen LogP contribution in [0, 0.1) is 5.41 Å². The van der Waals surface area contributed by atoms with Crippen LogP contribution in [0.3, 0.4) is 0 Å². The molecule has 0 aromatic heterocycles. The summed E-state index contributed by atoms with van der Waals surface area (Å²) in [5, 5.41) is 2.90. The van der Waals surface area contributed by atoms with Crippen molar-refractivity contribution in [3.8, 4) is 5.75 Å². The predicted octanol–water partition coefficient (Wildman–Crippen LogP) is 2.36. The Morgan fingerprint density at radius 2 is 2.06 bits per heavy atom. The largest absolute Gasteiger partial charge is 0.497 e. The van der Waals surface area contributed by atoms with Crippen molar-refractivity contribution in [1.29, 1.82) is 0 Å². The van der Waals surface area contributed by atoms with E-state index in [0.717, 1.165) is 11.3 Å². The summed E-state index contributed by atoms with van der Waals surface area (Å²) in [5.41, 5.74) is 0.690. The maximum Gasteiger partial charge on any atom is 0.225 e. The SMILES string of the molecule is COc1cccc(CNC(=O)C(C)(C)C)c1. The van der Waals surface area contributed by atoms with Gasteiger partial charge < -0.3 is 10.1 Å². The molecule has 1 aromatic rings. The fourth-order valence-corrected chi connectivity index (χ4v) is 1.23. The molecule has 0 atom stereocenters. The first-order chi connectivity index (χ1) is 7.43. The monoisotopic (exact) mass is 221 g/mol. The van der Waals surface area contributed by atoms with Gasteiger partial charge in [-0.3, -0.25) is 4.79 Å². The van der Waals surface area contributed by atoms with Crippen LogP contribution in [0.25, 0.3) is 0 Å². The molecule has 1 aromatic carbocycles. The number of methoxy groups -OCH3 is 1. The maximum atomic E-state index is 11.7. The van der Waals surface area contributed by atoms with E-state index in [-0.39, 0.29) is 11.3 Å². The van der Waals surface area contributed by atoms with E-state index in [1.807, 2.05) is 45.0 Å². The second kappa shape index (κ2) is 5.01. The third kappa shape index (κ3) is 3.57. The Kier molecular flexibility index (Phi) is 3.93. The van der Waals surface area contributed by atoms with Crippen molar-refractivity contribution in [2.75, 3.05) is 7.11 Å². The minimum absolute atomic E-state index is 0.0512. The van der Waals surface area contributed by atoms with Gasteiger partial charge in [0.25, 0.3) is 0 Å². The Morgan fingerprint density at radius 1 is 1.38 bits per heavy atom. The lowest BCUT2D eigenvalue weighted by Gasteiger charge is -2.17. The fraction of sp³-hybridized carbons (Fsp3) is 0.462. The molecule has 16 heavy (non-hydrogen) atoms. The zero-order valence-electron chi connectivity index (χ0n) is 10.3. The summed E-state index contributed by atoms with van der Waals surface area (Å²) in [6.07, 6.45) is 0. The standard InChI is InChI=1S/C13H19NO2/c1-13(2,3)12(15)14-9-10-6-5-7-11(8-10)16-4/h5-8H,9H2,1-4H3,(H,14,15). The second-order valence-electron chi connectivity index (χ2n) is 4.78. The van der Waals surface area contributed by atoms with E-state index in [2.05, 4.69) is 5.32 Å². The summed E-state index contributed by atoms with van der Waals surface area (Å²) >= 11 is 0. The number of amides is 1. The van der Waals surface area contributed by atoms with Crippen molar-refractivity contribution >= 4 is 5.91 Å². The summed E-state index contributed by atoms with van der Waals surface area (Å²) in [6, 6.07) is 7.68. The molecule has 0 radical (unpaired) electrons. The third-order valence-corrected chi connectivity index (χ3v) is 2.27. The van der Waals surface area contributed by atoms with E-state index < -0.39 is 0 Å². The number of hydrogen-bond acceptors (Lipinski definition) is 2. The fourth-order valence-electron chi connectivity index (χ4n) is 1.23. The molecule has 0 aliphatic carbocycles. The summed E-state index contributed by atoms with van der Waals surface area (Å²) < 4.78 is 5.12. The Bertz CT molecular complexity index is 366. The van der Waals surface area contributed by atoms with E-state index >= 15 is 0 Å². The number of carbonyl (C=O) groups is 1. The molecule has 1 rings (SSSR count). The Hall–Kier alpha value is -1.51. The van der Waals surface area contributed by atoms with Gasteiger partial charge in [-0.25, -0.2) is 0 Å². The van der Waals surface area contributed by atoms with Crippen LogP contribution in [0.4, 0.5) is 0 Å². The van der Waals surface area contributed by atoms with Gasteiger partial charge in [-0.15, -0.1) is 0 Å². The molecular weight excluding hydrogens is 202 g/mol. The van der Waals surface area contributed by atoms with Crippen LogP contribution in [0.5, 0.6) is 5.75 Å². The first-order valence-electron chi connectivity index (χ1n) is 5.34. The van der Waals surface area contributed by atoms with E-state index in [1.165, 1.54) is 0 Å². The maximum absolute atomic E-state index is 11.7. The highest BCUT2D eigenvalue weighted by Crippen LogP contribution is 2.15. The lowest BCUT2D eigenvalue weighted by molar-refractivity contribution is -0.128. The Labute approximate surface area is 96.8 Å². The summed E-state index contributed by atoms with van der Waals surface area (Å²) in [5.74, 6) is 0.859. The van der Waals surface area contributed by atoms with Crippen LogP contribution in [0.2, 0.25) is 0 Å². The van der Waals surface area contributed by atoms with Crippen LogP contribution >= 0.6 is 0 Å².